The van der Waals surface area contributed by atoms with E-state index in [4.69, 9.17) is 9.47 Å². The van der Waals surface area contributed by atoms with Crippen LogP contribution in [0.25, 0.3) is 0 Å². The SMILES string of the molecule is CCCC(C)CCCCCCCCCCCCCCCC(=O)NC1CCCC(C(CC(=O)O)c2[nH]ccc2C(=O)C2OC(C)(C)OCC2(C)C)C1. The average molecular weight is 715 g/mol. The summed E-state index contributed by atoms with van der Waals surface area (Å²) in [5.41, 5.74) is 0.632. The van der Waals surface area contributed by atoms with Crippen LogP contribution in [0.3, 0.4) is 0 Å². The van der Waals surface area contributed by atoms with Crippen LogP contribution in [-0.2, 0) is 19.1 Å². The van der Waals surface area contributed by atoms with Crippen LogP contribution >= 0.6 is 0 Å². The topological polar surface area (TPSA) is 118 Å². The molecule has 0 spiro atoms. The molecule has 292 valence electrons. The van der Waals surface area contributed by atoms with Gasteiger partial charge in [-0.05, 0) is 57.4 Å². The van der Waals surface area contributed by atoms with E-state index in [-0.39, 0.29) is 36.0 Å². The Kier molecular flexibility index (Phi) is 18.7. The van der Waals surface area contributed by atoms with Crippen LogP contribution in [0, 0.1) is 17.3 Å². The molecule has 0 aromatic carbocycles. The van der Waals surface area contributed by atoms with Gasteiger partial charge in [-0.25, -0.2) is 0 Å². The van der Waals surface area contributed by atoms with Gasteiger partial charge in [-0.15, -0.1) is 0 Å². The van der Waals surface area contributed by atoms with Gasteiger partial charge >= 0.3 is 5.97 Å². The van der Waals surface area contributed by atoms with Crippen LogP contribution in [-0.4, -0.2) is 52.3 Å². The fourth-order valence-electron chi connectivity index (χ4n) is 8.44. The molecule has 2 aliphatic rings. The number of aromatic amines is 1. The largest absolute Gasteiger partial charge is 0.481 e. The maximum Gasteiger partial charge on any atom is 0.304 e. The van der Waals surface area contributed by atoms with Gasteiger partial charge in [0, 0.05) is 41.2 Å². The minimum atomic E-state index is -0.892. The lowest BCUT2D eigenvalue weighted by molar-refractivity contribution is -0.298. The van der Waals surface area contributed by atoms with E-state index in [2.05, 4.69) is 24.1 Å². The molecule has 8 heteroatoms. The van der Waals surface area contributed by atoms with Gasteiger partial charge in [0.25, 0.3) is 0 Å². The van der Waals surface area contributed by atoms with Crippen LogP contribution in [0.1, 0.15) is 205 Å². The molecule has 3 N–H and O–H groups in total. The summed E-state index contributed by atoms with van der Waals surface area (Å²) in [6.45, 7) is 12.6. The van der Waals surface area contributed by atoms with Crippen molar-refractivity contribution in [2.75, 3.05) is 6.61 Å². The number of aromatic nitrogens is 1. The lowest BCUT2D eigenvalue weighted by Gasteiger charge is -2.45. The van der Waals surface area contributed by atoms with Crippen LogP contribution in [0.5, 0.6) is 0 Å². The molecule has 3 rings (SSSR count). The second-order valence-corrected chi connectivity index (χ2v) is 17.3. The van der Waals surface area contributed by atoms with Crippen molar-refractivity contribution in [2.45, 2.75) is 207 Å². The molecule has 1 saturated carbocycles. The van der Waals surface area contributed by atoms with Crippen molar-refractivity contribution < 1.29 is 29.0 Å². The molecule has 2 fully saturated rings. The number of carboxylic acid groups (broad SMARTS) is 1. The average Bonchev–Trinajstić information content (AvgIpc) is 3.56. The summed E-state index contributed by atoms with van der Waals surface area (Å²) in [4.78, 5) is 42.2. The highest BCUT2D eigenvalue weighted by atomic mass is 16.7. The van der Waals surface area contributed by atoms with Crippen molar-refractivity contribution in [3.63, 3.8) is 0 Å². The number of amides is 1. The summed E-state index contributed by atoms with van der Waals surface area (Å²) in [5, 5.41) is 13.2. The Morgan fingerprint density at radius 1 is 0.902 bits per heavy atom. The van der Waals surface area contributed by atoms with Crippen molar-refractivity contribution >= 4 is 17.7 Å². The number of Topliss-reactive ketones (excluding diaryl/α,β-unsaturated/α-hetero) is 1. The summed E-state index contributed by atoms with van der Waals surface area (Å²) >= 11 is 0. The molecule has 2 heterocycles. The van der Waals surface area contributed by atoms with Gasteiger partial charge < -0.3 is 24.9 Å². The fourth-order valence-corrected chi connectivity index (χ4v) is 8.44. The number of rotatable bonds is 25. The first-order valence-corrected chi connectivity index (χ1v) is 20.9. The summed E-state index contributed by atoms with van der Waals surface area (Å²) in [5.74, 6) is -1.24. The van der Waals surface area contributed by atoms with Gasteiger partial charge in [0.2, 0.25) is 5.91 Å². The van der Waals surface area contributed by atoms with E-state index < -0.39 is 23.3 Å². The number of carboxylic acids is 1. The molecule has 5 unspecified atom stereocenters. The Labute approximate surface area is 310 Å². The van der Waals surface area contributed by atoms with E-state index >= 15 is 0 Å². The zero-order valence-corrected chi connectivity index (χ0v) is 33.3. The minimum absolute atomic E-state index is 0.0229. The molecule has 1 amide bonds. The zero-order chi connectivity index (χ0) is 37.3. The van der Waals surface area contributed by atoms with Crippen LogP contribution in [0.4, 0.5) is 0 Å². The molecule has 1 aliphatic heterocycles. The number of hydrogen-bond acceptors (Lipinski definition) is 5. The third-order valence-corrected chi connectivity index (χ3v) is 11.5. The number of nitrogens with one attached hydrogen (secondary N) is 2. The minimum Gasteiger partial charge on any atom is -0.481 e. The molecule has 5 atom stereocenters. The first-order valence-electron chi connectivity index (χ1n) is 20.9. The number of hydrogen-bond donors (Lipinski definition) is 3. The molecule has 1 aromatic rings. The second kappa shape index (κ2) is 22.1. The second-order valence-electron chi connectivity index (χ2n) is 17.3. The molecule has 0 radical (unpaired) electrons. The molecule has 1 aromatic heterocycles. The number of carbonyl (C=O) groups excluding carboxylic acids is 2. The van der Waals surface area contributed by atoms with E-state index in [0.29, 0.717) is 30.7 Å². The number of aliphatic carboxylic acids is 1. The third-order valence-electron chi connectivity index (χ3n) is 11.5. The fraction of sp³-hybridized carbons (Fsp3) is 0.837. The van der Waals surface area contributed by atoms with Gasteiger partial charge in [0.15, 0.2) is 11.6 Å². The highest BCUT2D eigenvalue weighted by Gasteiger charge is 2.47. The van der Waals surface area contributed by atoms with E-state index in [1.54, 1.807) is 12.3 Å². The molecular weight excluding hydrogens is 640 g/mol. The van der Waals surface area contributed by atoms with E-state index in [1.165, 1.54) is 89.9 Å². The highest BCUT2D eigenvalue weighted by molar-refractivity contribution is 6.01. The Hall–Kier alpha value is -2.19. The standard InChI is InChI=1S/C43H74N2O6/c1-7-22-32(2)23-19-17-15-13-11-9-8-10-12-14-16-18-20-26-37(46)45-34-25-21-24-33(29-34)36(30-38(47)48)39-35(27-28-44-39)40(49)41-42(3,4)31-50-43(5,6)51-41/h27-28,32-34,36,41,44H,7-26,29-31H2,1-6H3,(H,45,46)(H,47,48). The van der Waals surface area contributed by atoms with Gasteiger partial charge in [0.05, 0.1) is 13.0 Å². The van der Waals surface area contributed by atoms with Crippen molar-refractivity contribution in [1.82, 2.24) is 10.3 Å². The number of unbranched alkanes of at least 4 members (excludes halogenated alkanes) is 12. The predicted octanol–water partition coefficient (Wildman–Crippen LogP) is 10.9. The smallest absolute Gasteiger partial charge is 0.304 e. The number of ether oxygens (including phenoxy) is 2. The van der Waals surface area contributed by atoms with Gasteiger partial charge in [-0.3, -0.25) is 14.4 Å². The Balaban J connectivity index is 1.35. The quantitative estimate of drug-likeness (QED) is 0.0685. The number of carbonyl (C=O) groups is 3. The monoisotopic (exact) mass is 715 g/mol. The predicted molar refractivity (Wildman–Crippen MR) is 206 cm³/mol. The maximum absolute atomic E-state index is 14.0. The van der Waals surface area contributed by atoms with Crippen LogP contribution in [0.2, 0.25) is 0 Å². The van der Waals surface area contributed by atoms with Crippen molar-refractivity contribution in [3.8, 4) is 0 Å². The molecule has 1 aliphatic carbocycles. The summed E-state index contributed by atoms with van der Waals surface area (Å²) in [6, 6.07) is 1.78. The van der Waals surface area contributed by atoms with E-state index in [9.17, 15) is 19.5 Å². The summed E-state index contributed by atoms with van der Waals surface area (Å²) < 4.78 is 12.0. The Bertz CT molecular complexity index is 1170. The van der Waals surface area contributed by atoms with Crippen LogP contribution < -0.4 is 5.32 Å². The zero-order valence-electron chi connectivity index (χ0n) is 33.3. The Morgan fingerprint density at radius 2 is 1.51 bits per heavy atom. The van der Waals surface area contributed by atoms with Crippen molar-refractivity contribution in [3.05, 3.63) is 23.5 Å². The summed E-state index contributed by atoms with van der Waals surface area (Å²) in [7, 11) is 0. The normalized spacial score (nSPS) is 22.7. The van der Waals surface area contributed by atoms with Gasteiger partial charge in [-0.2, -0.15) is 0 Å². The molecule has 51 heavy (non-hydrogen) atoms. The molecule has 1 saturated heterocycles. The molecular formula is C43H74N2O6. The van der Waals surface area contributed by atoms with Gasteiger partial charge in [-0.1, -0.05) is 130 Å². The lowest BCUT2D eigenvalue weighted by atomic mass is 9.73. The van der Waals surface area contributed by atoms with E-state index in [1.807, 2.05) is 27.7 Å². The van der Waals surface area contributed by atoms with Crippen molar-refractivity contribution in [2.24, 2.45) is 17.3 Å². The van der Waals surface area contributed by atoms with E-state index in [0.717, 1.165) is 38.0 Å². The highest BCUT2D eigenvalue weighted by Crippen LogP contribution is 2.42. The lowest BCUT2D eigenvalue weighted by Crippen LogP contribution is -2.53. The first-order chi connectivity index (χ1) is 24.3. The third kappa shape index (κ3) is 15.4. The summed E-state index contributed by atoms with van der Waals surface area (Å²) in [6.07, 6.45) is 25.8. The molecule has 8 nitrogen and oxygen atoms in total. The Morgan fingerprint density at radius 3 is 2.12 bits per heavy atom. The maximum atomic E-state index is 14.0. The van der Waals surface area contributed by atoms with Crippen LogP contribution in [0.15, 0.2) is 12.3 Å². The van der Waals surface area contributed by atoms with Gasteiger partial charge in [0.1, 0.15) is 6.10 Å². The number of ketones is 1. The van der Waals surface area contributed by atoms with Crippen molar-refractivity contribution in [1.29, 1.82) is 0 Å². The molecule has 0 bridgehead atoms. The first kappa shape index (κ1) is 43.2. The number of H-pyrrole nitrogens is 1.